The molecule has 16 rings (SSSR count). The van der Waals surface area contributed by atoms with Gasteiger partial charge in [0.05, 0.1) is 45.2 Å². The van der Waals surface area contributed by atoms with Crippen LogP contribution in [0, 0.1) is 0 Å². The fourth-order valence-corrected chi connectivity index (χ4v) is 20.4. The lowest BCUT2D eigenvalue weighted by Gasteiger charge is -2.26. The topological polar surface area (TPSA) is 296 Å². The molecule has 7 heterocycles. The van der Waals surface area contributed by atoms with Crippen molar-refractivity contribution < 1.29 is 75.9 Å². The molecule has 10 amide bonds. The van der Waals surface area contributed by atoms with E-state index in [0.29, 0.717) is 110 Å². The number of carbonyl (C=O) groups is 10. The molecule has 9 aromatic carbocycles. The van der Waals surface area contributed by atoms with E-state index in [2.05, 4.69) is 0 Å². The number of likely N-dealkylation sites (tertiary alicyclic amines) is 2. The molecule has 0 unspecified atom stereocenters. The zero-order valence-electron chi connectivity index (χ0n) is 73.1. The van der Waals surface area contributed by atoms with Crippen molar-refractivity contribution in [2.75, 3.05) is 124 Å². The number of benzene rings is 9. The van der Waals surface area contributed by atoms with Crippen molar-refractivity contribution in [1.82, 2.24) is 34.3 Å². The van der Waals surface area contributed by atoms with Gasteiger partial charge in [-0.15, -0.1) is 0 Å². The molecule has 2 N–H and O–H groups in total. The van der Waals surface area contributed by atoms with Crippen LogP contribution in [0.1, 0.15) is 158 Å². The number of fused-ring (bicyclic) bond motifs is 3. The van der Waals surface area contributed by atoms with E-state index in [1.165, 1.54) is 9.80 Å². The molecule has 3 fully saturated rings. The van der Waals surface area contributed by atoms with Crippen LogP contribution in [0.3, 0.4) is 0 Å². The lowest BCUT2D eigenvalue weighted by molar-refractivity contribution is -0.130. The Morgan fingerprint density at radius 3 is 0.962 bits per heavy atom. The first-order valence-electron chi connectivity index (χ1n) is 44.1. The highest BCUT2D eigenvalue weighted by atomic mass is 35.5. The number of rotatable bonds is 25. The monoisotopic (exact) mass is 1890 g/mol. The third kappa shape index (κ3) is 25.2. The van der Waals surface area contributed by atoms with Gasteiger partial charge in [0.15, 0.2) is 0 Å². The van der Waals surface area contributed by atoms with Gasteiger partial charge in [0.2, 0.25) is 23.6 Å². The molecular formula is C99H105Cl3N10O16P2S. The number of thioether (sulfide) groups is 1. The minimum atomic E-state index is -4.19. The van der Waals surface area contributed by atoms with E-state index >= 15 is 0 Å². The summed E-state index contributed by atoms with van der Waals surface area (Å²) in [6.45, 7) is 11.1. The van der Waals surface area contributed by atoms with Gasteiger partial charge >= 0.3 is 15.2 Å². The first-order chi connectivity index (χ1) is 63.1. The molecule has 26 nitrogen and oxygen atoms in total. The number of hydrogen-bond acceptors (Lipinski definition) is 15. The second kappa shape index (κ2) is 44.4. The summed E-state index contributed by atoms with van der Waals surface area (Å²) in [6.07, 6.45) is 9.54. The maximum Gasteiger partial charge on any atom is 0.330 e. The first kappa shape index (κ1) is 96.0. The summed E-state index contributed by atoms with van der Waals surface area (Å²) in [7, 11) is -7.44. The third-order valence-electron chi connectivity index (χ3n) is 23.9. The maximum atomic E-state index is 13.8. The maximum absolute atomic E-state index is 13.8. The van der Waals surface area contributed by atoms with E-state index in [1.807, 2.05) is 124 Å². The van der Waals surface area contributed by atoms with Crippen LogP contribution in [0.15, 0.2) is 212 Å². The largest absolute Gasteiger partial charge is 0.341 e. The first-order valence-corrected chi connectivity index (χ1v) is 49.9. The highest BCUT2D eigenvalue weighted by molar-refractivity contribution is 7.99. The van der Waals surface area contributed by atoms with E-state index in [-0.39, 0.29) is 143 Å². The highest BCUT2D eigenvalue weighted by Crippen LogP contribution is 2.49. The summed E-state index contributed by atoms with van der Waals surface area (Å²) in [4.78, 5) is 169. The summed E-state index contributed by atoms with van der Waals surface area (Å²) in [5.41, 5.74) is 12.7. The van der Waals surface area contributed by atoms with Crippen LogP contribution in [0.4, 0.5) is 17.1 Å². The summed E-state index contributed by atoms with van der Waals surface area (Å²) >= 11 is 20.0. The molecule has 0 radical (unpaired) electrons. The Morgan fingerprint density at radius 2 is 0.641 bits per heavy atom. The molecule has 7 aliphatic heterocycles. The summed E-state index contributed by atoms with van der Waals surface area (Å²) in [5.74, 6) is 0.552. The number of halogens is 3. The van der Waals surface area contributed by atoms with E-state index in [1.54, 1.807) is 154 Å². The van der Waals surface area contributed by atoms with Crippen LogP contribution in [-0.4, -0.2) is 212 Å². The zero-order valence-corrected chi connectivity index (χ0v) is 78.0. The van der Waals surface area contributed by atoms with E-state index in [9.17, 15) is 66.9 Å². The SMILES string of the molecule is CCOP(=O)(CCc1ccc2c(c1)CN(C(=O)c1ccc(Cl)cc1)CC(=O)N2Cc1ccc(C(=O)N2CCCC2)cc1)OCC.O=C(CCc1ccc2c(c1)CN(C(=O)c1ccc(Cl)cc1)CC(=O)N2Cc1ccc(C(=O)N2CC=CC2)cc1)N1CCSCC1.O=C(c1ccc(CN2C(=O)CN(C(=O)c3ccc(Cl)cc3)Cc3cc(CCP(=O)(O)O)ccc32)cc1)N1CCCC1. The molecule has 0 aromatic heterocycles. The van der Waals surface area contributed by atoms with Gasteiger partial charge in [-0.05, 0) is 236 Å². The van der Waals surface area contributed by atoms with Gasteiger partial charge in [0.1, 0.15) is 19.6 Å². The molecular weight excluding hydrogens is 1790 g/mol. The second-order valence-electron chi connectivity index (χ2n) is 33.2. The molecule has 0 atom stereocenters. The average Bonchev–Trinajstić information content (AvgIpc) is 1.68. The van der Waals surface area contributed by atoms with Crippen LogP contribution >= 0.6 is 61.8 Å². The summed E-state index contributed by atoms with van der Waals surface area (Å²) in [6, 6.07) is 58.7. The smallest absolute Gasteiger partial charge is 0.330 e. The Balaban J connectivity index is 0.000000159. The van der Waals surface area contributed by atoms with Crippen LogP contribution < -0.4 is 14.7 Å². The quantitative estimate of drug-likeness (QED) is 0.0397. The minimum absolute atomic E-state index is 0.00410. The van der Waals surface area contributed by atoms with E-state index < -0.39 is 15.2 Å². The van der Waals surface area contributed by atoms with Crippen molar-refractivity contribution >= 4 is 138 Å². The molecule has 3 saturated heterocycles. The van der Waals surface area contributed by atoms with Crippen molar-refractivity contribution in [2.24, 2.45) is 0 Å². The Kier molecular flexibility index (Phi) is 32.6. The average molecular weight is 1890 g/mol. The molecule has 0 spiro atoms. The lowest BCUT2D eigenvalue weighted by Crippen LogP contribution is -2.39. The van der Waals surface area contributed by atoms with Crippen molar-refractivity contribution in [2.45, 2.75) is 104 Å². The number of nitrogens with zero attached hydrogens (tertiary/aromatic N) is 10. The fraction of sp³-hybridized carbons (Fsp3) is 0.333. The van der Waals surface area contributed by atoms with Crippen LogP contribution in [0.25, 0.3) is 0 Å². The Morgan fingerprint density at radius 1 is 0.351 bits per heavy atom. The molecule has 131 heavy (non-hydrogen) atoms. The van der Waals surface area contributed by atoms with Gasteiger partial charge < -0.3 is 67.8 Å². The van der Waals surface area contributed by atoms with E-state index in [0.717, 1.165) is 121 Å². The molecule has 0 bridgehead atoms. The molecule has 0 aliphatic carbocycles. The molecule has 9 aromatic rings. The molecule has 0 saturated carbocycles. The number of anilines is 3. The normalized spacial score (nSPS) is 15.8. The van der Waals surface area contributed by atoms with Crippen LogP contribution in [0.2, 0.25) is 15.1 Å². The number of carbonyl (C=O) groups excluding carboxylic acids is 10. The van der Waals surface area contributed by atoms with Gasteiger partial charge in [-0.1, -0.05) is 120 Å². The van der Waals surface area contributed by atoms with Gasteiger partial charge in [0.25, 0.3) is 35.4 Å². The van der Waals surface area contributed by atoms with Crippen LogP contribution in [-0.2, 0) is 95.9 Å². The number of aryl methyl sites for hydroxylation is 3. The molecule has 7 aliphatic rings. The standard InChI is InChI=1S/C35H35ClN4O4S.C34H39ClN3O6P.C30H31ClN3O6P/c36-30-11-9-28(10-12-30)35(44)39-23-29-21-25(6-14-32(41)37-17-19-45-20-18-37)5-13-31(29)40(33(42)24-39)22-26-3-7-27(8-4-26)34(43)38-15-1-2-16-38;1-3-43-45(42,44-4-2)20-17-25-9-16-31-29(21-25)23-37(34(41)28-12-14-30(35)15-13-28)24-32(39)38(31)22-26-7-10-27(11-8-26)33(40)36-18-5-6-19-36;31-26-10-8-24(9-11-26)30(37)33-19-25-17-21(13-16-41(38,39)40)5-12-27(25)34(28(35)20-33)18-22-3-6-23(7-4-22)29(36)32-14-1-2-15-32/h1-5,7-13,21H,6,14-20,22-24H2;7-16,21H,3-6,17-20,22-24H2,1-2H3;3-12,17H,1-2,13-16,18-20H2,(H2,38,39,40). The van der Waals surface area contributed by atoms with Crippen LogP contribution in [0.5, 0.6) is 0 Å². The zero-order chi connectivity index (χ0) is 92.5. The Labute approximate surface area is 782 Å². The Bertz CT molecular complexity index is 5800. The van der Waals surface area contributed by atoms with Crippen molar-refractivity contribution in [3.63, 3.8) is 0 Å². The van der Waals surface area contributed by atoms with Crippen molar-refractivity contribution in [3.05, 3.63) is 311 Å². The summed E-state index contributed by atoms with van der Waals surface area (Å²) < 4.78 is 35.5. The highest BCUT2D eigenvalue weighted by Gasteiger charge is 2.36. The second-order valence-corrected chi connectivity index (χ2v) is 39.7. The number of hydrogen-bond donors (Lipinski definition) is 2. The van der Waals surface area contributed by atoms with E-state index in [4.69, 9.17) is 43.9 Å². The summed E-state index contributed by atoms with van der Waals surface area (Å²) in [5, 5.41) is 1.54. The van der Waals surface area contributed by atoms with Gasteiger partial charge in [-0.2, -0.15) is 11.8 Å². The van der Waals surface area contributed by atoms with Gasteiger partial charge in [-0.3, -0.25) is 57.1 Å². The fourth-order valence-electron chi connectivity index (χ4n) is 16.9. The van der Waals surface area contributed by atoms with Gasteiger partial charge in [-0.25, -0.2) is 0 Å². The minimum Gasteiger partial charge on any atom is -0.341 e. The Hall–Kier alpha value is -11.1. The molecule has 684 valence electrons. The van der Waals surface area contributed by atoms with Crippen molar-refractivity contribution in [1.29, 1.82) is 0 Å². The van der Waals surface area contributed by atoms with Crippen molar-refractivity contribution in [3.8, 4) is 0 Å². The predicted octanol–water partition coefficient (Wildman–Crippen LogP) is 16.1. The lowest BCUT2D eigenvalue weighted by atomic mass is 10.0. The number of amides is 10. The molecule has 32 heteroatoms. The third-order valence-corrected chi connectivity index (χ3v) is 28.5. The van der Waals surface area contributed by atoms with Gasteiger partial charge in [0, 0.05) is 155 Å². The predicted molar refractivity (Wildman–Crippen MR) is 508 cm³/mol.